The van der Waals surface area contributed by atoms with Crippen LogP contribution in [0.1, 0.15) is 11.4 Å². The van der Waals surface area contributed by atoms with Gasteiger partial charge in [-0.2, -0.15) is 5.10 Å². The molecular formula is C14H12ClN7O2. The van der Waals surface area contributed by atoms with Crippen LogP contribution < -0.4 is 5.32 Å². The molecule has 0 aromatic carbocycles. The number of nitrogens with one attached hydrogen (secondary N) is 1. The Morgan fingerprint density at radius 2 is 2.04 bits per heavy atom. The van der Waals surface area contributed by atoms with E-state index in [0.717, 1.165) is 11.4 Å². The Balaban J connectivity index is 2.10. The zero-order valence-corrected chi connectivity index (χ0v) is 13.5. The van der Waals surface area contributed by atoms with Gasteiger partial charge in [0.05, 0.1) is 15.6 Å². The Morgan fingerprint density at radius 1 is 1.25 bits per heavy atom. The Bertz CT molecular complexity index is 908. The van der Waals surface area contributed by atoms with Crippen molar-refractivity contribution in [2.45, 2.75) is 13.8 Å². The van der Waals surface area contributed by atoms with Gasteiger partial charge in [0.25, 0.3) is 0 Å². The Hall–Kier alpha value is -3.07. The quantitative estimate of drug-likeness (QED) is 0.571. The summed E-state index contributed by atoms with van der Waals surface area (Å²) in [5, 5.41) is 19.1. The summed E-state index contributed by atoms with van der Waals surface area (Å²) in [5.41, 5.74) is 1.17. The lowest BCUT2D eigenvalue weighted by atomic mass is 10.3. The minimum Gasteiger partial charge on any atom is -0.319 e. The monoisotopic (exact) mass is 345 g/mol. The van der Waals surface area contributed by atoms with Gasteiger partial charge in [-0.3, -0.25) is 10.1 Å². The predicted octanol–water partition coefficient (Wildman–Crippen LogP) is 2.98. The number of aromatic nitrogens is 5. The second-order valence-electron chi connectivity index (χ2n) is 4.98. The second-order valence-corrected chi connectivity index (χ2v) is 5.41. The molecule has 3 heterocycles. The van der Waals surface area contributed by atoms with E-state index < -0.39 is 4.92 Å². The molecule has 0 saturated heterocycles. The molecule has 0 atom stereocenters. The van der Waals surface area contributed by atoms with Gasteiger partial charge in [-0.15, -0.1) is 0 Å². The summed E-state index contributed by atoms with van der Waals surface area (Å²) >= 11 is 5.79. The zero-order chi connectivity index (χ0) is 17.3. The van der Waals surface area contributed by atoms with Gasteiger partial charge in [-0.05, 0) is 32.0 Å². The molecule has 0 fully saturated rings. The molecule has 10 heteroatoms. The average molecular weight is 346 g/mol. The summed E-state index contributed by atoms with van der Waals surface area (Å²) in [6.07, 6.45) is 2.66. The SMILES string of the molecule is Cc1cc(C)n(-c2ncnc(Nc3ccc(Cl)cn3)c2[N+](=O)[O-])n1. The molecule has 0 aliphatic rings. The van der Waals surface area contributed by atoms with Gasteiger partial charge in [0.1, 0.15) is 12.1 Å². The van der Waals surface area contributed by atoms with Gasteiger partial charge in [0.2, 0.25) is 11.6 Å². The van der Waals surface area contributed by atoms with Gasteiger partial charge >= 0.3 is 5.69 Å². The van der Waals surface area contributed by atoms with Crippen LogP contribution in [0.3, 0.4) is 0 Å². The van der Waals surface area contributed by atoms with E-state index in [1.807, 2.05) is 0 Å². The van der Waals surface area contributed by atoms with E-state index in [1.165, 1.54) is 17.2 Å². The van der Waals surface area contributed by atoms with E-state index in [0.29, 0.717) is 10.8 Å². The summed E-state index contributed by atoms with van der Waals surface area (Å²) in [4.78, 5) is 23.1. The summed E-state index contributed by atoms with van der Waals surface area (Å²) in [7, 11) is 0. The lowest BCUT2D eigenvalue weighted by molar-refractivity contribution is -0.384. The van der Waals surface area contributed by atoms with E-state index in [2.05, 4.69) is 25.4 Å². The molecule has 0 unspecified atom stereocenters. The number of aryl methyl sites for hydroxylation is 2. The minimum atomic E-state index is -0.552. The van der Waals surface area contributed by atoms with Crippen molar-refractivity contribution in [3.05, 3.63) is 57.2 Å². The summed E-state index contributed by atoms with van der Waals surface area (Å²) in [5.74, 6) is 0.477. The number of rotatable bonds is 4. The van der Waals surface area contributed by atoms with E-state index in [9.17, 15) is 10.1 Å². The fraction of sp³-hybridized carbons (Fsp3) is 0.143. The van der Waals surface area contributed by atoms with Crippen LogP contribution in [0.5, 0.6) is 0 Å². The maximum atomic E-state index is 11.6. The van der Waals surface area contributed by atoms with Crippen molar-refractivity contribution in [1.82, 2.24) is 24.7 Å². The molecule has 0 bridgehead atoms. The molecule has 122 valence electrons. The second kappa shape index (κ2) is 6.20. The standard InChI is InChI=1S/C14H12ClN7O2/c1-8-5-9(2)21(20-8)14-12(22(23)24)13(17-7-18-14)19-11-4-3-10(15)6-16-11/h3-7H,1-2H3,(H,16,17,18,19). The number of nitro groups is 1. The van der Waals surface area contributed by atoms with Crippen LogP contribution in [0.15, 0.2) is 30.7 Å². The fourth-order valence-corrected chi connectivity index (χ4v) is 2.31. The van der Waals surface area contributed by atoms with Gasteiger partial charge in [0.15, 0.2) is 0 Å². The molecule has 0 saturated carbocycles. The number of halogens is 1. The molecule has 0 aliphatic heterocycles. The summed E-state index contributed by atoms with van der Waals surface area (Å²) in [6.45, 7) is 3.59. The maximum absolute atomic E-state index is 11.6. The van der Waals surface area contributed by atoms with Crippen LogP contribution >= 0.6 is 11.6 Å². The van der Waals surface area contributed by atoms with Crippen molar-refractivity contribution >= 4 is 28.9 Å². The highest BCUT2D eigenvalue weighted by Crippen LogP contribution is 2.30. The minimum absolute atomic E-state index is 0.0207. The highest BCUT2D eigenvalue weighted by molar-refractivity contribution is 6.30. The molecule has 3 rings (SSSR count). The van der Waals surface area contributed by atoms with Crippen molar-refractivity contribution in [1.29, 1.82) is 0 Å². The van der Waals surface area contributed by atoms with Crippen molar-refractivity contribution in [3.8, 4) is 5.82 Å². The number of hydrogen-bond acceptors (Lipinski definition) is 7. The first-order valence-electron chi connectivity index (χ1n) is 6.87. The van der Waals surface area contributed by atoms with Crippen molar-refractivity contribution in [3.63, 3.8) is 0 Å². The third-order valence-corrected chi connectivity index (χ3v) is 3.39. The number of hydrogen-bond donors (Lipinski definition) is 1. The maximum Gasteiger partial charge on any atom is 0.356 e. The van der Waals surface area contributed by atoms with E-state index in [4.69, 9.17) is 11.6 Å². The van der Waals surface area contributed by atoms with Gasteiger partial charge in [-0.25, -0.2) is 19.6 Å². The van der Waals surface area contributed by atoms with E-state index in [-0.39, 0.29) is 17.3 Å². The van der Waals surface area contributed by atoms with Crippen LogP contribution in [-0.2, 0) is 0 Å². The molecule has 1 N–H and O–H groups in total. The molecular weight excluding hydrogens is 334 g/mol. The molecule has 0 aliphatic carbocycles. The summed E-state index contributed by atoms with van der Waals surface area (Å²) < 4.78 is 1.41. The number of pyridine rings is 1. The van der Waals surface area contributed by atoms with Crippen LogP contribution in [-0.4, -0.2) is 29.7 Å². The summed E-state index contributed by atoms with van der Waals surface area (Å²) in [6, 6.07) is 5.02. The van der Waals surface area contributed by atoms with Crippen molar-refractivity contribution in [2.75, 3.05) is 5.32 Å². The predicted molar refractivity (Wildman–Crippen MR) is 87.8 cm³/mol. The molecule has 9 nitrogen and oxygen atoms in total. The topological polar surface area (TPSA) is 112 Å². The van der Waals surface area contributed by atoms with E-state index in [1.54, 1.807) is 32.0 Å². The molecule has 0 spiro atoms. The lowest BCUT2D eigenvalue weighted by Gasteiger charge is -2.09. The Morgan fingerprint density at radius 3 is 2.62 bits per heavy atom. The number of anilines is 2. The van der Waals surface area contributed by atoms with Crippen LogP contribution in [0, 0.1) is 24.0 Å². The molecule has 0 radical (unpaired) electrons. The molecule has 0 amide bonds. The Kier molecular flexibility index (Phi) is 4.09. The van der Waals surface area contributed by atoms with Gasteiger partial charge < -0.3 is 5.32 Å². The first-order chi connectivity index (χ1) is 11.5. The molecule has 24 heavy (non-hydrogen) atoms. The van der Waals surface area contributed by atoms with Crippen LogP contribution in [0.25, 0.3) is 5.82 Å². The highest BCUT2D eigenvalue weighted by Gasteiger charge is 2.26. The first kappa shape index (κ1) is 15.8. The largest absolute Gasteiger partial charge is 0.356 e. The van der Waals surface area contributed by atoms with Crippen LogP contribution in [0.4, 0.5) is 17.3 Å². The van der Waals surface area contributed by atoms with Crippen LogP contribution in [0.2, 0.25) is 5.02 Å². The first-order valence-corrected chi connectivity index (χ1v) is 7.25. The third kappa shape index (κ3) is 3.01. The fourth-order valence-electron chi connectivity index (χ4n) is 2.20. The average Bonchev–Trinajstić information content (AvgIpc) is 2.87. The number of nitrogens with zero attached hydrogens (tertiary/aromatic N) is 6. The smallest absolute Gasteiger partial charge is 0.319 e. The molecule has 3 aromatic heterocycles. The Labute approximate surface area is 141 Å². The van der Waals surface area contributed by atoms with Gasteiger partial charge in [0, 0.05) is 11.9 Å². The normalized spacial score (nSPS) is 10.6. The van der Waals surface area contributed by atoms with Crippen molar-refractivity contribution in [2.24, 2.45) is 0 Å². The zero-order valence-electron chi connectivity index (χ0n) is 12.8. The highest BCUT2D eigenvalue weighted by atomic mass is 35.5. The van der Waals surface area contributed by atoms with Gasteiger partial charge in [-0.1, -0.05) is 11.6 Å². The molecule has 3 aromatic rings. The van der Waals surface area contributed by atoms with Crippen molar-refractivity contribution < 1.29 is 4.92 Å². The third-order valence-electron chi connectivity index (χ3n) is 3.17. The van der Waals surface area contributed by atoms with E-state index >= 15 is 0 Å². The lowest BCUT2D eigenvalue weighted by Crippen LogP contribution is -2.10.